The van der Waals surface area contributed by atoms with Crippen LogP contribution in [0.2, 0.25) is 0 Å². The first-order valence-corrected chi connectivity index (χ1v) is 8.43. The van der Waals surface area contributed by atoms with Crippen LogP contribution in [-0.4, -0.2) is 36.5 Å². The number of amides is 1. The van der Waals surface area contributed by atoms with Crippen LogP contribution in [0, 0.1) is 11.3 Å². The minimum atomic E-state index is -0.112. The van der Waals surface area contributed by atoms with E-state index in [1.165, 1.54) is 0 Å². The van der Waals surface area contributed by atoms with Crippen LogP contribution in [0.3, 0.4) is 0 Å². The molecular weight excluding hydrogens is 318 g/mol. The van der Waals surface area contributed by atoms with Crippen molar-refractivity contribution in [3.8, 4) is 11.8 Å². The second-order valence-electron chi connectivity index (χ2n) is 5.98. The van der Waals surface area contributed by atoms with E-state index < -0.39 is 0 Å². The van der Waals surface area contributed by atoms with E-state index in [0.29, 0.717) is 25.3 Å². The Kier molecular flexibility index (Phi) is 5.70. The third-order valence-electron chi connectivity index (χ3n) is 4.31. The summed E-state index contributed by atoms with van der Waals surface area (Å²) >= 11 is 0. The molecule has 1 aliphatic rings. The molecular formula is C19H21N3O3. The minimum absolute atomic E-state index is 0.0345. The molecule has 1 aromatic carbocycles. The Labute approximate surface area is 147 Å². The van der Waals surface area contributed by atoms with E-state index in [4.69, 9.17) is 14.4 Å². The lowest BCUT2D eigenvalue weighted by molar-refractivity contribution is -0.125. The van der Waals surface area contributed by atoms with E-state index in [9.17, 15) is 4.79 Å². The van der Waals surface area contributed by atoms with Gasteiger partial charge in [0, 0.05) is 6.54 Å². The fourth-order valence-corrected chi connectivity index (χ4v) is 3.00. The Bertz CT molecular complexity index is 719. The van der Waals surface area contributed by atoms with Crippen LogP contribution in [0.5, 0.6) is 5.75 Å². The van der Waals surface area contributed by atoms with Gasteiger partial charge < -0.3 is 14.5 Å². The van der Waals surface area contributed by atoms with E-state index in [-0.39, 0.29) is 11.9 Å². The second-order valence-corrected chi connectivity index (χ2v) is 5.98. The summed E-state index contributed by atoms with van der Waals surface area (Å²) in [6, 6.07) is 12.7. The number of likely N-dealkylation sites (tertiary alicyclic amines) is 1. The lowest BCUT2D eigenvalue weighted by atomic mass is 10.2. The Balaban J connectivity index is 1.44. The number of nitriles is 1. The molecule has 2 aromatic rings. The Morgan fingerprint density at radius 2 is 2.20 bits per heavy atom. The highest BCUT2D eigenvalue weighted by Crippen LogP contribution is 2.18. The summed E-state index contributed by atoms with van der Waals surface area (Å²) in [5.74, 6) is 1.52. The molecule has 6 heteroatoms. The summed E-state index contributed by atoms with van der Waals surface area (Å²) < 4.78 is 11.0. The zero-order valence-electron chi connectivity index (χ0n) is 14.0. The number of rotatable bonds is 7. The molecule has 2 heterocycles. The zero-order valence-corrected chi connectivity index (χ0v) is 14.0. The molecule has 25 heavy (non-hydrogen) atoms. The minimum Gasteiger partial charge on any atom is -0.492 e. The molecule has 0 radical (unpaired) electrons. The Hall–Kier alpha value is -2.78. The first kappa shape index (κ1) is 17.1. The first-order chi connectivity index (χ1) is 12.3. The van der Waals surface area contributed by atoms with Crippen LogP contribution in [0.25, 0.3) is 0 Å². The summed E-state index contributed by atoms with van der Waals surface area (Å²) in [5, 5.41) is 11.7. The Morgan fingerprint density at radius 3 is 2.92 bits per heavy atom. The maximum Gasteiger partial charge on any atom is 0.237 e. The van der Waals surface area contributed by atoms with Crippen LogP contribution < -0.4 is 10.1 Å². The zero-order chi connectivity index (χ0) is 17.5. The predicted molar refractivity (Wildman–Crippen MR) is 91.8 cm³/mol. The van der Waals surface area contributed by atoms with Gasteiger partial charge in [-0.2, -0.15) is 5.26 Å². The highest BCUT2D eigenvalue weighted by Gasteiger charge is 2.30. The lowest BCUT2D eigenvalue weighted by Crippen LogP contribution is -2.44. The standard InChI is InChI=1S/C19H21N3O3/c20-13-15-5-7-16(8-6-15)25-12-10-22-9-1-4-18(22)19(23)21-14-17-3-2-11-24-17/h2-3,5-8,11,18H,1,4,9-10,12,14H2,(H,21,23)/t18-/m0/s1. The fourth-order valence-electron chi connectivity index (χ4n) is 3.00. The molecule has 1 atom stereocenters. The number of carbonyl (C=O) groups excluding carboxylic acids is 1. The highest BCUT2D eigenvalue weighted by molar-refractivity contribution is 5.81. The maximum absolute atomic E-state index is 12.4. The smallest absolute Gasteiger partial charge is 0.237 e. The van der Waals surface area contributed by atoms with E-state index >= 15 is 0 Å². The van der Waals surface area contributed by atoms with Gasteiger partial charge in [-0.1, -0.05) is 0 Å². The number of ether oxygens (including phenoxy) is 1. The third kappa shape index (κ3) is 4.61. The first-order valence-electron chi connectivity index (χ1n) is 8.43. The average Bonchev–Trinajstić information content (AvgIpc) is 3.32. The molecule has 1 amide bonds. The molecule has 0 saturated carbocycles. The normalized spacial score (nSPS) is 17.2. The van der Waals surface area contributed by atoms with Crippen molar-refractivity contribution in [2.24, 2.45) is 0 Å². The SMILES string of the molecule is N#Cc1ccc(OCCN2CCC[C@H]2C(=O)NCc2ccco2)cc1. The van der Waals surface area contributed by atoms with Gasteiger partial charge >= 0.3 is 0 Å². The van der Waals surface area contributed by atoms with Crippen molar-refractivity contribution < 1.29 is 13.9 Å². The van der Waals surface area contributed by atoms with Gasteiger partial charge in [0.25, 0.3) is 0 Å². The number of carbonyl (C=O) groups is 1. The summed E-state index contributed by atoms with van der Waals surface area (Å²) in [5.41, 5.74) is 0.611. The summed E-state index contributed by atoms with van der Waals surface area (Å²) in [6.07, 6.45) is 3.47. The van der Waals surface area contributed by atoms with Crippen molar-refractivity contribution in [2.75, 3.05) is 19.7 Å². The highest BCUT2D eigenvalue weighted by atomic mass is 16.5. The topological polar surface area (TPSA) is 78.5 Å². The van der Waals surface area contributed by atoms with E-state index in [1.54, 1.807) is 30.5 Å². The van der Waals surface area contributed by atoms with E-state index in [1.807, 2.05) is 12.1 Å². The van der Waals surface area contributed by atoms with Gasteiger partial charge in [-0.15, -0.1) is 0 Å². The third-order valence-corrected chi connectivity index (χ3v) is 4.31. The lowest BCUT2D eigenvalue weighted by Gasteiger charge is -2.23. The van der Waals surface area contributed by atoms with Gasteiger partial charge in [0.2, 0.25) is 5.91 Å². The molecule has 0 spiro atoms. The molecule has 0 bridgehead atoms. The molecule has 0 aliphatic carbocycles. The molecule has 1 N–H and O–H groups in total. The second kappa shape index (κ2) is 8.36. The largest absolute Gasteiger partial charge is 0.492 e. The van der Waals surface area contributed by atoms with Gasteiger partial charge in [0.05, 0.1) is 30.5 Å². The van der Waals surface area contributed by atoms with Crippen molar-refractivity contribution >= 4 is 5.91 Å². The molecule has 1 aliphatic heterocycles. The molecule has 1 fully saturated rings. The molecule has 6 nitrogen and oxygen atoms in total. The number of benzene rings is 1. The van der Waals surface area contributed by atoms with Crippen LogP contribution >= 0.6 is 0 Å². The number of furan rings is 1. The quantitative estimate of drug-likeness (QED) is 0.837. The fraction of sp³-hybridized carbons (Fsp3) is 0.368. The molecule has 130 valence electrons. The van der Waals surface area contributed by atoms with Crippen molar-refractivity contribution in [2.45, 2.75) is 25.4 Å². The monoisotopic (exact) mass is 339 g/mol. The van der Waals surface area contributed by atoms with Gasteiger partial charge in [-0.05, 0) is 55.8 Å². The predicted octanol–water partition coefficient (Wildman–Crippen LogP) is 2.31. The Morgan fingerprint density at radius 1 is 1.36 bits per heavy atom. The van der Waals surface area contributed by atoms with Crippen LogP contribution in [-0.2, 0) is 11.3 Å². The molecule has 1 aromatic heterocycles. The van der Waals surface area contributed by atoms with E-state index in [2.05, 4.69) is 16.3 Å². The average molecular weight is 339 g/mol. The van der Waals surface area contributed by atoms with Crippen LogP contribution in [0.1, 0.15) is 24.2 Å². The number of nitrogens with one attached hydrogen (secondary N) is 1. The van der Waals surface area contributed by atoms with Gasteiger partial charge in [0.15, 0.2) is 0 Å². The molecule has 3 rings (SSSR count). The molecule has 1 saturated heterocycles. The summed E-state index contributed by atoms with van der Waals surface area (Å²) in [4.78, 5) is 14.5. The number of hydrogen-bond acceptors (Lipinski definition) is 5. The van der Waals surface area contributed by atoms with Gasteiger partial charge in [-0.3, -0.25) is 9.69 Å². The van der Waals surface area contributed by atoms with Crippen molar-refractivity contribution in [3.63, 3.8) is 0 Å². The van der Waals surface area contributed by atoms with Gasteiger partial charge in [0.1, 0.15) is 18.1 Å². The van der Waals surface area contributed by atoms with Crippen molar-refractivity contribution in [1.29, 1.82) is 5.26 Å². The molecule has 0 unspecified atom stereocenters. The van der Waals surface area contributed by atoms with Crippen LogP contribution in [0.4, 0.5) is 0 Å². The number of nitrogens with zero attached hydrogens (tertiary/aromatic N) is 2. The van der Waals surface area contributed by atoms with Crippen LogP contribution in [0.15, 0.2) is 47.1 Å². The summed E-state index contributed by atoms with van der Waals surface area (Å²) in [6.45, 7) is 2.51. The number of hydrogen-bond donors (Lipinski definition) is 1. The van der Waals surface area contributed by atoms with Crippen molar-refractivity contribution in [1.82, 2.24) is 10.2 Å². The summed E-state index contributed by atoms with van der Waals surface area (Å²) in [7, 11) is 0. The van der Waals surface area contributed by atoms with E-state index in [0.717, 1.165) is 30.9 Å². The van der Waals surface area contributed by atoms with Gasteiger partial charge in [-0.25, -0.2) is 0 Å². The van der Waals surface area contributed by atoms with Crippen molar-refractivity contribution in [3.05, 3.63) is 54.0 Å². The maximum atomic E-state index is 12.4.